The highest BCUT2D eigenvalue weighted by Crippen LogP contribution is 2.36. The highest BCUT2D eigenvalue weighted by atomic mass is 35.5. The molecule has 2 aromatic rings. The van der Waals surface area contributed by atoms with Crippen LogP contribution in [0.1, 0.15) is 28.5 Å². The van der Waals surface area contributed by atoms with Gasteiger partial charge in [0, 0.05) is 28.0 Å². The van der Waals surface area contributed by atoms with Crippen LogP contribution in [0.25, 0.3) is 0 Å². The van der Waals surface area contributed by atoms with Crippen LogP contribution >= 0.6 is 22.9 Å². The number of carbonyl (C=O) groups excluding carboxylic acids is 1. The first-order chi connectivity index (χ1) is 10.5. The van der Waals surface area contributed by atoms with Gasteiger partial charge in [0.05, 0.1) is 0 Å². The molecule has 0 bridgehead atoms. The predicted octanol–water partition coefficient (Wildman–Crippen LogP) is 2.93. The molecule has 0 radical (unpaired) electrons. The summed E-state index contributed by atoms with van der Waals surface area (Å²) in [5, 5.41) is 1.90. The fourth-order valence-corrected chi connectivity index (χ4v) is 4.42. The van der Waals surface area contributed by atoms with Crippen LogP contribution in [0.4, 0.5) is 5.00 Å². The Balaban J connectivity index is 1.89. The summed E-state index contributed by atoms with van der Waals surface area (Å²) < 4.78 is 0. The topological polar surface area (TPSA) is 24.8 Å². The molecule has 2 heterocycles. The lowest BCUT2D eigenvalue weighted by molar-refractivity contribution is -0.928. The largest absolute Gasteiger partial charge is 0.310 e. The Kier molecular flexibility index (Phi) is 4.26. The second-order valence-electron chi connectivity index (χ2n) is 5.91. The molecule has 1 amide bonds. The highest BCUT2D eigenvalue weighted by molar-refractivity contribution is 7.16. The first kappa shape index (κ1) is 15.5. The molecular formula is C17H20ClN2OS+. The summed E-state index contributed by atoms with van der Waals surface area (Å²) in [6, 6.07) is 7.98. The Morgan fingerprint density at radius 3 is 2.86 bits per heavy atom. The normalized spacial score (nSPS) is 17.5. The van der Waals surface area contributed by atoms with E-state index in [1.54, 1.807) is 18.3 Å². The van der Waals surface area contributed by atoms with E-state index in [-0.39, 0.29) is 5.91 Å². The van der Waals surface area contributed by atoms with Crippen LogP contribution in [-0.4, -0.2) is 12.6 Å². The zero-order chi connectivity index (χ0) is 15.9. The fraction of sp³-hybridized carbons (Fsp3) is 0.353. The molecule has 1 N–H and O–H groups in total. The molecule has 1 aliphatic rings. The van der Waals surface area contributed by atoms with Crippen LogP contribution in [0.5, 0.6) is 0 Å². The van der Waals surface area contributed by atoms with Crippen LogP contribution in [-0.2, 0) is 17.9 Å². The molecule has 22 heavy (non-hydrogen) atoms. The number of anilines is 1. The van der Waals surface area contributed by atoms with E-state index in [4.69, 9.17) is 11.6 Å². The number of thiophene rings is 1. The Labute approximate surface area is 140 Å². The monoisotopic (exact) mass is 335 g/mol. The molecule has 1 aromatic carbocycles. The molecule has 0 saturated carbocycles. The third kappa shape index (κ3) is 2.91. The first-order valence-corrected chi connectivity index (χ1v) is 8.60. The van der Waals surface area contributed by atoms with Gasteiger partial charge < -0.3 is 4.90 Å². The van der Waals surface area contributed by atoms with Crippen LogP contribution in [0.15, 0.2) is 24.3 Å². The Morgan fingerprint density at radius 2 is 2.18 bits per heavy atom. The number of hydrogen-bond donors (Lipinski definition) is 1. The van der Waals surface area contributed by atoms with Crippen molar-refractivity contribution >= 4 is 33.8 Å². The zero-order valence-corrected chi connectivity index (χ0v) is 14.6. The predicted molar refractivity (Wildman–Crippen MR) is 91.6 cm³/mol. The smallest absolute Gasteiger partial charge is 0.228 e. The lowest BCUT2D eigenvalue weighted by Gasteiger charge is -2.32. The van der Waals surface area contributed by atoms with E-state index in [1.807, 2.05) is 23.1 Å². The van der Waals surface area contributed by atoms with Crippen molar-refractivity contribution in [2.75, 3.05) is 11.6 Å². The van der Waals surface area contributed by atoms with Gasteiger partial charge in [-0.1, -0.05) is 23.7 Å². The molecule has 0 fully saturated rings. The average molecular weight is 336 g/mol. The maximum Gasteiger partial charge on any atom is 0.228 e. The van der Waals surface area contributed by atoms with Crippen molar-refractivity contribution in [3.8, 4) is 0 Å². The van der Waals surface area contributed by atoms with Crippen LogP contribution in [0.2, 0.25) is 5.02 Å². The minimum atomic E-state index is 0.116. The summed E-state index contributed by atoms with van der Waals surface area (Å²) in [5.41, 5.74) is 3.86. The van der Waals surface area contributed by atoms with Gasteiger partial charge in [-0.15, -0.1) is 11.3 Å². The molecule has 116 valence electrons. The van der Waals surface area contributed by atoms with Crippen LogP contribution in [0.3, 0.4) is 0 Å². The van der Waals surface area contributed by atoms with Gasteiger partial charge >= 0.3 is 0 Å². The molecule has 1 unspecified atom stereocenters. The van der Waals surface area contributed by atoms with Crippen molar-refractivity contribution in [1.82, 2.24) is 0 Å². The number of halogens is 1. The minimum Gasteiger partial charge on any atom is -0.310 e. The first-order valence-electron chi connectivity index (χ1n) is 7.40. The zero-order valence-electron chi connectivity index (χ0n) is 13.1. The minimum absolute atomic E-state index is 0.116. The molecule has 3 rings (SSSR count). The van der Waals surface area contributed by atoms with E-state index in [2.05, 4.69) is 19.9 Å². The molecule has 1 aliphatic heterocycles. The number of rotatable bonds is 2. The summed E-state index contributed by atoms with van der Waals surface area (Å²) in [5.74, 6) is 0.116. The molecule has 1 aromatic heterocycles. The van der Waals surface area contributed by atoms with Gasteiger partial charge in [0.2, 0.25) is 5.91 Å². The second kappa shape index (κ2) is 6.03. The van der Waals surface area contributed by atoms with E-state index in [0.717, 1.165) is 23.1 Å². The number of carbonyl (C=O) groups is 1. The number of quaternary nitrogens is 1. The molecule has 1 atom stereocenters. The van der Waals surface area contributed by atoms with Gasteiger partial charge in [0.15, 0.2) is 6.67 Å². The highest BCUT2D eigenvalue weighted by Gasteiger charge is 2.31. The van der Waals surface area contributed by atoms with Crippen LogP contribution < -0.4 is 9.80 Å². The van der Waals surface area contributed by atoms with Gasteiger partial charge in [0.1, 0.15) is 18.1 Å². The summed E-state index contributed by atoms with van der Waals surface area (Å²) >= 11 is 7.81. The fourth-order valence-electron chi connectivity index (χ4n) is 2.99. The van der Waals surface area contributed by atoms with Crippen LogP contribution in [0, 0.1) is 13.8 Å². The molecule has 0 saturated heterocycles. The van der Waals surface area contributed by atoms with E-state index < -0.39 is 0 Å². The lowest BCUT2D eigenvalue weighted by atomic mass is 10.1. The quantitative estimate of drug-likeness (QED) is 0.896. The Bertz CT molecular complexity index is 725. The summed E-state index contributed by atoms with van der Waals surface area (Å²) in [7, 11) is 0. The van der Waals surface area contributed by atoms with Crippen molar-refractivity contribution < 1.29 is 9.69 Å². The third-order valence-electron chi connectivity index (χ3n) is 4.27. The van der Waals surface area contributed by atoms with Crippen molar-refractivity contribution in [3.05, 3.63) is 50.9 Å². The van der Waals surface area contributed by atoms with Gasteiger partial charge in [-0.2, -0.15) is 0 Å². The van der Waals surface area contributed by atoms with Crippen molar-refractivity contribution in [1.29, 1.82) is 0 Å². The van der Waals surface area contributed by atoms with Gasteiger partial charge in [-0.05, 0) is 31.5 Å². The van der Waals surface area contributed by atoms with E-state index in [9.17, 15) is 4.79 Å². The van der Waals surface area contributed by atoms with E-state index in [0.29, 0.717) is 6.67 Å². The number of amides is 1. The summed E-state index contributed by atoms with van der Waals surface area (Å²) in [6.45, 7) is 8.49. The van der Waals surface area contributed by atoms with E-state index >= 15 is 0 Å². The van der Waals surface area contributed by atoms with Gasteiger partial charge in [-0.3, -0.25) is 9.69 Å². The summed E-state index contributed by atoms with van der Waals surface area (Å²) in [4.78, 5) is 16.6. The third-order valence-corrected chi connectivity index (χ3v) is 5.77. The molecule has 0 aliphatic carbocycles. The van der Waals surface area contributed by atoms with Gasteiger partial charge in [-0.25, -0.2) is 0 Å². The summed E-state index contributed by atoms with van der Waals surface area (Å²) in [6.07, 6.45) is 0. The Hall–Kier alpha value is -1.36. The van der Waals surface area contributed by atoms with Crippen molar-refractivity contribution in [2.24, 2.45) is 0 Å². The average Bonchev–Trinajstić information content (AvgIpc) is 2.74. The second-order valence-corrected chi connectivity index (χ2v) is 7.55. The number of aryl methyl sites for hydroxylation is 1. The number of nitrogens with one attached hydrogen (secondary N) is 1. The molecule has 0 spiro atoms. The Morgan fingerprint density at radius 1 is 1.41 bits per heavy atom. The lowest BCUT2D eigenvalue weighted by Crippen LogP contribution is -3.12. The maximum absolute atomic E-state index is 12.0. The van der Waals surface area contributed by atoms with E-state index in [1.165, 1.54) is 26.5 Å². The number of hydrogen-bond acceptors (Lipinski definition) is 2. The molecular weight excluding hydrogens is 316 g/mol. The van der Waals surface area contributed by atoms with Crippen molar-refractivity contribution in [2.45, 2.75) is 33.9 Å². The van der Waals surface area contributed by atoms with Crippen molar-refractivity contribution in [3.63, 3.8) is 0 Å². The molecule has 3 nitrogen and oxygen atoms in total. The number of fused-ring (bicyclic) bond motifs is 1. The maximum atomic E-state index is 12.0. The number of nitrogens with zero attached hydrogens (tertiary/aromatic N) is 1. The van der Waals surface area contributed by atoms with Gasteiger partial charge in [0.25, 0.3) is 0 Å². The SMILES string of the molecule is CC(=O)N1C[NH+](Cc2cccc(Cl)c2)Cc2c1sc(C)c2C. The number of benzene rings is 1. The molecule has 5 heteroatoms. The standard InChI is InChI=1S/C17H19ClN2OS/c1-11-12(2)22-17-16(11)9-19(10-20(17)13(3)21)8-14-5-4-6-15(18)7-14/h4-7H,8-10H2,1-3H3/p+1.